The van der Waals surface area contributed by atoms with Crippen LogP contribution in [-0.2, 0) is 34.9 Å². The van der Waals surface area contributed by atoms with Gasteiger partial charge in [0.05, 0.1) is 21.6 Å². The molecule has 0 aromatic heterocycles. The normalized spacial score (nSPS) is 12.7. The first-order valence-corrected chi connectivity index (χ1v) is 17.0. The molecule has 23 heteroatoms. The fourth-order valence-corrected chi connectivity index (χ4v) is 6.22. The van der Waals surface area contributed by atoms with Crippen molar-refractivity contribution < 1.29 is 58.4 Å². The summed E-state index contributed by atoms with van der Waals surface area (Å²) in [6, 6.07) is 11.1. The van der Waals surface area contributed by atoms with Gasteiger partial charge in [0.15, 0.2) is 0 Å². The molecule has 9 N–H and O–H groups in total. The van der Waals surface area contributed by atoms with Gasteiger partial charge in [-0.05, 0) is 60.0 Å². The minimum Gasteiger partial charge on any atom is -0.506 e. The number of hydrogen-bond acceptors (Lipinski definition) is 13. The molecule has 18 nitrogen and oxygen atoms in total. The largest absolute Gasteiger partial charge is 0.506 e. The van der Waals surface area contributed by atoms with Gasteiger partial charge in [-0.1, -0.05) is 12.1 Å². The molecule has 4 aromatic rings. The third-order valence-electron chi connectivity index (χ3n) is 5.51. The van der Waals surface area contributed by atoms with Gasteiger partial charge in [-0.2, -0.15) is 35.5 Å². The number of fused-ring (bicyclic) bond motifs is 1. The number of aromatic hydroxyl groups is 1. The Labute approximate surface area is 276 Å². The maximum absolute atomic E-state index is 12.1. The van der Waals surface area contributed by atoms with Gasteiger partial charge in [0.1, 0.15) is 26.9 Å². The Morgan fingerprint density at radius 2 is 1.24 bits per heavy atom. The van der Waals surface area contributed by atoms with Gasteiger partial charge < -0.3 is 21.0 Å². The molecule has 0 amide bonds. The number of azo groups is 2. The zero-order valence-corrected chi connectivity index (χ0v) is 27.9. The molecule has 0 atom stereocenters. The first-order chi connectivity index (χ1) is 19.7. The van der Waals surface area contributed by atoms with Crippen LogP contribution in [0.25, 0.3) is 10.8 Å². The van der Waals surface area contributed by atoms with Gasteiger partial charge in [-0.3, -0.25) is 18.2 Å². The topological polar surface area (TPSA) is 325 Å². The summed E-state index contributed by atoms with van der Waals surface area (Å²) in [4.78, 5) is 15.7. The summed E-state index contributed by atoms with van der Waals surface area (Å²) in [6.45, 7) is 0. The quantitative estimate of drug-likeness (QED) is 0.0593. The SMILES string of the molecule is N.O=P(O)(O)c1cccc(N=Nc2ccc(N=Nc3c(O)ccc4cc(S(=O)(=O)O)cc(S(=O)(=O)O)c34)c(S(=O)(=O)O)c2)c1.[Na]. The van der Waals surface area contributed by atoms with Crippen molar-refractivity contribution in [3.05, 3.63) is 66.7 Å². The molecular weight excluding hydrogens is 692 g/mol. The Bertz CT molecular complexity index is 2240. The molecule has 1 radical (unpaired) electrons. The van der Waals surface area contributed by atoms with Crippen molar-refractivity contribution >= 4 is 106 Å². The second-order valence-corrected chi connectivity index (χ2v) is 14.3. The number of rotatable bonds is 8. The Morgan fingerprint density at radius 3 is 1.80 bits per heavy atom. The molecular formula is C22H20N5NaO13PS3. The van der Waals surface area contributed by atoms with E-state index in [0.29, 0.717) is 6.07 Å². The fraction of sp³-hybridized carbons (Fsp3) is 0. The van der Waals surface area contributed by atoms with Crippen LogP contribution in [0, 0.1) is 0 Å². The number of hydrogen-bond donors (Lipinski definition) is 7. The van der Waals surface area contributed by atoms with Crippen LogP contribution in [0.2, 0.25) is 0 Å². The summed E-state index contributed by atoms with van der Waals surface area (Å²) >= 11 is 0. The molecule has 0 aliphatic rings. The second kappa shape index (κ2) is 13.8. The van der Waals surface area contributed by atoms with E-state index < -0.39 is 75.1 Å². The molecule has 0 fully saturated rings. The van der Waals surface area contributed by atoms with Crippen molar-refractivity contribution in [2.75, 3.05) is 0 Å². The van der Waals surface area contributed by atoms with Crippen LogP contribution < -0.4 is 11.5 Å². The van der Waals surface area contributed by atoms with E-state index >= 15 is 0 Å². The standard InChI is InChI=1S/C22H17N4O13PS3.H3N.Na/c27-18-7-4-12-8-16(41(31,32)33)11-20(43(37,38)39)21(12)22(18)26-25-17-6-5-14(10-19(17)42(34,35)36)24-23-13-2-1-3-15(9-13)40(28,29)30;;/h1-11,27H,(H2,28,29,30)(H,31,32,33)(H,34,35,36)(H,37,38,39);1H3;. The van der Waals surface area contributed by atoms with Gasteiger partial charge in [-0.25, -0.2) is 0 Å². The molecule has 0 heterocycles. The van der Waals surface area contributed by atoms with Crippen LogP contribution in [0.3, 0.4) is 0 Å². The number of nitrogens with zero attached hydrogens (tertiary/aromatic N) is 4. The van der Waals surface area contributed by atoms with E-state index in [1.807, 2.05) is 0 Å². The minimum atomic E-state index is -5.20. The minimum absolute atomic E-state index is 0. The monoisotopic (exact) mass is 712 g/mol. The third kappa shape index (κ3) is 9.04. The summed E-state index contributed by atoms with van der Waals surface area (Å²) in [7, 11) is -19.8. The Kier molecular flexibility index (Phi) is 11.7. The summed E-state index contributed by atoms with van der Waals surface area (Å²) in [5, 5.41) is 24.2. The Morgan fingerprint density at radius 1 is 0.644 bits per heavy atom. The van der Waals surface area contributed by atoms with E-state index in [-0.39, 0.29) is 57.8 Å². The number of phenolic OH excluding ortho intramolecular Hbond substituents is 1. The van der Waals surface area contributed by atoms with Crippen LogP contribution in [-0.4, -0.2) is 83.4 Å². The molecule has 45 heavy (non-hydrogen) atoms. The Balaban J connectivity index is 0.00000353. The van der Waals surface area contributed by atoms with Crippen LogP contribution in [0.4, 0.5) is 22.7 Å². The molecule has 0 aliphatic carbocycles. The molecule has 4 rings (SSSR count). The van der Waals surface area contributed by atoms with E-state index in [9.17, 15) is 58.4 Å². The zero-order valence-electron chi connectivity index (χ0n) is 22.6. The van der Waals surface area contributed by atoms with Gasteiger partial charge in [0.25, 0.3) is 30.4 Å². The van der Waals surface area contributed by atoms with E-state index in [0.717, 1.165) is 48.5 Å². The molecule has 235 valence electrons. The van der Waals surface area contributed by atoms with E-state index in [1.165, 1.54) is 12.1 Å². The molecule has 0 bridgehead atoms. The van der Waals surface area contributed by atoms with Gasteiger partial charge in [0, 0.05) is 34.9 Å². The zero-order chi connectivity index (χ0) is 32.0. The summed E-state index contributed by atoms with van der Waals surface area (Å²) in [5.74, 6) is -0.739. The summed E-state index contributed by atoms with van der Waals surface area (Å²) in [6.07, 6.45) is 0. The molecule has 0 aliphatic heterocycles. The first kappa shape index (κ1) is 38.2. The fourth-order valence-electron chi connectivity index (χ4n) is 3.63. The smallest absolute Gasteiger partial charge is 0.356 e. The molecule has 0 unspecified atom stereocenters. The summed E-state index contributed by atoms with van der Waals surface area (Å²) in [5.41, 5.74) is -1.39. The molecule has 0 saturated heterocycles. The van der Waals surface area contributed by atoms with Crippen LogP contribution in [0.15, 0.2) is 102 Å². The van der Waals surface area contributed by atoms with Crippen molar-refractivity contribution in [2.24, 2.45) is 20.5 Å². The van der Waals surface area contributed by atoms with Crippen molar-refractivity contribution in [1.82, 2.24) is 6.15 Å². The Hall–Kier alpha value is -3.02. The molecule has 0 spiro atoms. The maximum Gasteiger partial charge on any atom is 0.356 e. The number of phenols is 1. The predicted octanol–water partition coefficient (Wildman–Crippen LogP) is 3.70. The van der Waals surface area contributed by atoms with Crippen LogP contribution in [0.1, 0.15) is 0 Å². The average molecular weight is 713 g/mol. The van der Waals surface area contributed by atoms with Crippen molar-refractivity contribution in [2.45, 2.75) is 14.7 Å². The third-order valence-corrected chi connectivity index (χ3v) is 9.05. The first-order valence-electron chi connectivity index (χ1n) is 11.1. The van der Waals surface area contributed by atoms with E-state index in [2.05, 4.69) is 20.5 Å². The number of benzene rings is 4. The van der Waals surface area contributed by atoms with Crippen molar-refractivity contribution in [3.63, 3.8) is 0 Å². The molecule has 4 aromatic carbocycles. The van der Waals surface area contributed by atoms with E-state index in [1.54, 1.807) is 0 Å². The molecule has 0 saturated carbocycles. The maximum atomic E-state index is 12.1. The van der Waals surface area contributed by atoms with Crippen molar-refractivity contribution in [1.29, 1.82) is 0 Å². The van der Waals surface area contributed by atoms with Gasteiger partial charge >= 0.3 is 7.60 Å². The van der Waals surface area contributed by atoms with E-state index in [4.69, 9.17) is 0 Å². The van der Waals surface area contributed by atoms with Crippen LogP contribution in [0.5, 0.6) is 5.75 Å². The van der Waals surface area contributed by atoms with Gasteiger partial charge in [-0.15, -0.1) is 10.2 Å². The predicted molar refractivity (Wildman–Crippen MR) is 159 cm³/mol. The van der Waals surface area contributed by atoms with Gasteiger partial charge in [0.2, 0.25) is 0 Å². The van der Waals surface area contributed by atoms with Crippen molar-refractivity contribution in [3.8, 4) is 5.75 Å². The average Bonchev–Trinajstić information content (AvgIpc) is 2.89. The van der Waals surface area contributed by atoms with Crippen LogP contribution >= 0.6 is 7.60 Å². The second-order valence-electron chi connectivity index (χ2n) is 8.49. The summed E-state index contributed by atoms with van der Waals surface area (Å²) < 4.78 is 112.